The molecule has 1 aromatic rings. The molecule has 0 radical (unpaired) electrons. The number of rotatable bonds is 6. The van der Waals surface area contributed by atoms with Crippen LogP contribution in [0.25, 0.3) is 0 Å². The van der Waals surface area contributed by atoms with Crippen molar-refractivity contribution in [2.24, 2.45) is 0 Å². The lowest BCUT2D eigenvalue weighted by atomic mass is 10.0. The second kappa shape index (κ2) is 8.16. The predicted molar refractivity (Wildman–Crippen MR) is 97.0 cm³/mol. The summed E-state index contributed by atoms with van der Waals surface area (Å²) in [4.78, 5) is 14.8. The number of amides is 1. The summed E-state index contributed by atoms with van der Waals surface area (Å²) in [7, 11) is 0. The lowest BCUT2D eigenvalue weighted by molar-refractivity contribution is -0.132. The van der Waals surface area contributed by atoms with Gasteiger partial charge in [-0.05, 0) is 49.3 Å². The fourth-order valence-electron chi connectivity index (χ4n) is 3.27. The molecule has 1 N–H and O–H groups in total. The van der Waals surface area contributed by atoms with Crippen LogP contribution >= 0.6 is 12.4 Å². The third-order valence-electron chi connectivity index (χ3n) is 4.89. The van der Waals surface area contributed by atoms with Crippen molar-refractivity contribution >= 4 is 18.3 Å². The van der Waals surface area contributed by atoms with Gasteiger partial charge >= 0.3 is 0 Å². The third-order valence-corrected chi connectivity index (χ3v) is 4.89. The van der Waals surface area contributed by atoms with E-state index in [-0.39, 0.29) is 12.4 Å². The molecule has 0 bridgehead atoms. The predicted octanol–water partition coefficient (Wildman–Crippen LogP) is 3.86. The third kappa shape index (κ3) is 4.95. The van der Waals surface area contributed by atoms with Crippen molar-refractivity contribution in [2.75, 3.05) is 6.54 Å². The average Bonchev–Trinajstić information content (AvgIpc) is 3.22. The van der Waals surface area contributed by atoms with Gasteiger partial charge < -0.3 is 10.2 Å². The Bertz CT molecular complexity index is 505. The van der Waals surface area contributed by atoms with Crippen molar-refractivity contribution < 1.29 is 4.79 Å². The average molecular weight is 337 g/mol. The van der Waals surface area contributed by atoms with Crippen molar-refractivity contribution in [3.63, 3.8) is 0 Å². The van der Waals surface area contributed by atoms with E-state index in [1.54, 1.807) is 0 Å². The second-order valence-electron chi connectivity index (χ2n) is 7.15. The molecular weight excluding hydrogens is 308 g/mol. The lowest BCUT2D eigenvalue weighted by Gasteiger charge is -2.24. The van der Waals surface area contributed by atoms with Crippen LogP contribution in [0, 0.1) is 0 Å². The highest BCUT2D eigenvalue weighted by Gasteiger charge is 2.33. The summed E-state index contributed by atoms with van der Waals surface area (Å²) in [5.74, 6) is 0.887. The maximum Gasteiger partial charge on any atom is 0.224 e. The van der Waals surface area contributed by atoms with Gasteiger partial charge in [0.15, 0.2) is 0 Å². The van der Waals surface area contributed by atoms with Crippen LogP contribution in [0.4, 0.5) is 0 Å². The zero-order valence-corrected chi connectivity index (χ0v) is 15.1. The molecule has 1 aromatic carbocycles. The zero-order chi connectivity index (χ0) is 15.5. The fraction of sp³-hybridized carbons (Fsp3) is 0.632. The van der Waals surface area contributed by atoms with Gasteiger partial charge in [0.05, 0.1) is 0 Å². The second-order valence-corrected chi connectivity index (χ2v) is 7.15. The Morgan fingerprint density at radius 3 is 2.43 bits per heavy atom. The Morgan fingerprint density at radius 1 is 1.22 bits per heavy atom. The zero-order valence-electron chi connectivity index (χ0n) is 14.3. The minimum absolute atomic E-state index is 0. The van der Waals surface area contributed by atoms with E-state index in [9.17, 15) is 4.79 Å². The number of hydrogen-bond donors (Lipinski definition) is 1. The molecule has 1 aliphatic heterocycles. The standard InChI is InChI=1S/C19H28N2O.ClH/c1-14(2)16-7-5-15(6-8-16)13-21(18-9-10-18)19(22)12-17-4-3-11-20-17;/h5-8,14,17-18,20H,3-4,9-13H2,1-2H3;1H. The van der Waals surface area contributed by atoms with Gasteiger partial charge in [0.2, 0.25) is 5.91 Å². The maximum atomic E-state index is 12.6. The van der Waals surface area contributed by atoms with Crippen LogP contribution in [0.1, 0.15) is 63.0 Å². The number of benzene rings is 1. The molecule has 1 saturated heterocycles. The van der Waals surface area contributed by atoms with Crippen molar-refractivity contribution in [1.82, 2.24) is 10.2 Å². The summed E-state index contributed by atoms with van der Waals surface area (Å²) in [6, 6.07) is 9.66. The lowest BCUT2D eigenvalue weighted by Crippen LogP contribution is -2.37. The Labute approximate surface area is 146 Å². The summed E-state index contributed by atoms with van der Waals surface area (Å²) < 4.78 is 0. The SMILES string of the molecule is CC(C)c1ccc(CN(C(=O)CC2CCCN2)C2CC2)cc1.Cl. The van der Waals surface area contributed by atoms with E-state index in [4.69, 9.17) is 0 Å². The summed E-state index contributed by atoms with van der Waals surface area (Å²) in [6.07, 6.45) is 5.37. The van der Waals surface area contributed by atoms with E-state index in [0.717, 1.165) is 19.5 Å². The number of halogens is 1. The highest BCUT2D eigenvalue weighted by Crippen LogP contribution is 2.30. The van der Waals surface area contributed by atoms with E-state index in [0.29, 0.717) is 30.3 Å². The van der Waals surface area contributed by atoms with Crippen molar-refractivity contribution in [3.8, 4) is 0 Å². The molecule has 2 aliphatic rings. The summed E-state index contributed by atoms with van der Waals surface area (Å²) in [6.45, 7) is 6.26. The molecule has 1 saturated carbocycles. The molecule has 1 atom stereocenters. The van der Waals surface area contributed by atoms with Crippen LogP contribution in [-0.2, 0) is 11.3 Å². The van der Waals surface area contributed by atoms with Gasteiger partial charge in [0.25, 0.3) is 0 Å². The number of carbonyl (C=O) groups is 1. The maximum absolute atomic E-state index is 12.6. The molecular formula is C19H29ClN2O. The molecule has 1 aliphatic carbocycles. The Hall–Kier alpha value is -1.06. The molecule has 2 fully saturated rings. The smallest absolute Gasteiger partial charge is 0.224 e. The first kappa shape index (κ1) is 18.3. The number of nitrogens with one attached hydrogen (secondary N) is 1. The topological polar surface area (TPSA) is 32.3 Å². The van der Waals surface area contributed by atoms with Gasteiger partial charge in [-0.25, -0.2) is 0 Å². The van der Waals surface area contributed by atoms with E-state index in [1.165, 1.54) is 30.4 Å². The Balaban J connectivity index is 0.00000192. The Morgan fingerprint density at radius 2 is 1.91 bits per heavy atom. The summed E-state index contributed by atoms with van der Waals surface area (Å²) in [5, 5.41) is 3.44. The first-order valence-corrected chi connectivity index (χ1v) is 8.75. The van der Waals surface area contributed by atoms with Crippen LogP contribution in [0.5, 0.6) is 0 Å². The largest absolute Gasteiger partial charge is 0.335 e. The van der Waals surface area contributed by atoms with Crippen LogP contribution in [-0.4, -0.2) is 29.4 Å². The van der Waals surface area contributed by atoms with Crippen LogP contribution in [0.3, 0.4) is 0 Å². The molecule has 0 aromatic heterocycles. The molecule has 0 spiro atoms. The number of nitrogens with zero attached hydrogens (tertiary/aromatic N) is 1. The van der Waals surface area contributed by atoms with Crippen LogP contribution < -0.4 is 5.32 Å². The van der Waals surface area contributed by atoms with Gasteiger partial charge in [-0.3, -0.25) is 4.79 Å². The van der Waals surface area contributed by atoms with Crippen molar-refractivity contribution in [3.05, 3.63) is 35.4 Å². The fourth-order valence-corrected chi connectivity index (χ4v) is 3.27. The number of hydrogen-bond acceptors (Lipinski definition) is 2. The number of carbonyl (C=O) groups excluding carboxylic acids is 1. The van der Waals surface area contributed by atoms with Crippen LogP contribution in [0.2, 0.25) is 0 Å². The first-order valence-electron chi connectivity index (χ1n) is 8.75. The van der Waals surface area contributed by atoms with Gasteiger partial charge in [-0.15, -0.1) is 12.4 Å². The van der Waals surface area contributed by atoms with E-state index in [2.05, 4.69) is 48.3 Å². The van der Waals surface area contributed by atoms with Crippen LogP contribution in [0.15, 0.2) is 24.3 Å². The minimum atomic E-state index is 0. The monoisotopic (exact) mass is 336 g/mol. The first-order chi connectivity index (χ1) is 10.6. The van der Waals surface area contributed by atoms with Gasteiger partial charge in [-0.1, -0.05) is 38.1 Å². The van der Waals surface area contributed by atoms with Crippen molar-refractivity contribution in [1.29, 1.82) is 0 Å². The molecule has 3 nitrogen and oxygen atoms in total. The molecule has 3 rings (SSSR count). The molecule has 4 heteroatoms. The summed E-state index contributed by atoms with van der Waals surface area (Å²) >= 11 is 0. The normalized spacial score (nSPS) is 20.4. The molecule has 1 unspecified atom stereocenters. The van der Waals surface area contributed by atoms with Crippen molar-refractivity contribution in [2.45, 2.75) is 70.5 Å². The van der Waals surface area contributed by atoms with Gasteiger partial charge in [0, 0.05) is 25.0 Å². The molecule has 1 amide bonds. The molecule has 128 valence electrons. The van der Waals surface area contributed by atoms with E-state index >= 15 is 0 Å². The van der Waals surface area contributed by atoms with E-state index in [1.807, 2.05) is 0 Å². The van der Waals surface area contributed by atoms with E-state index < -0.39 is 0 Å². The Kier molecular flexibility index (Phi) is 6.49. The highest BCUT2D eigenvalue weighted by atomic mass is 35.5. The van der Waals surface area contributed by atoms with Gasteiger partial charge in [0.1, 0.15) is 0 Å². The van der Waals surface area contributed by atoms with Gasteiger partial charge in [-0.2, -0.15) is 0 Å². The minimum Gasteiger partial charge on any atom is -0.335 e. The molecule has 1 heterocycles. The quantitative estimate of drug-likeness (QED) is 0.855. The summed E-state index contributed by atoms with van der Waals surface area (Å²) in [5.41, 5.74) is 2.62. The highest BCUT2D eigenvalue weighted by molar-refractivity contribution is 5.85. The molecule has 23 heavy (non-hydrogen) atoms.